The molecule has 0 aromatic heterocycles. The van der Waals surface area contributed by atoms with Crippen LogP contribution in [0.4, 0.5) is 5.69 Å². The number of carbonyl (C=O) groups excluding carboxylic acids is 1. The molecule has 0 heterocycles. The van der Waals surface area contributed by atoms with Crippen molar-refractivity contribution in [2.75, 3.05) is 11.4 Å². The number of benzene rings is 2. The zero-order valence-electron chi connectivity index (χ0n) is 12.1. The van der Waals surface area contributed by atoms with Gasteiger partial charge in [0.1, 0.15) is 0 Å². The van der Waals surface area contributed by atoms with Crippen LogP contribution in [0.2, 0.25) is 0 Å². The molecule has 0 spiro atoms. The largest absolute Gasteiger partial charge is 0.481 e. The van der Waals surface area contributed by atoms with E-state index in [1.807, 2.05) is 35.2 Å². The van der Waals surface area contributed by atoms with Crippen molar-refractivity contribution in [1.29, 1.82) is 0 Å². The summed E-state index contributed by atoms with van der Waals surface area (Å²) in [5.41, 5.74) is 7.61. The van der Waals surface area contributed by atoms with Crippen molar-refractivity contribution in [3.63, 3.8) is 0 Å². The summed E-state index contributed by atoms with van der Waals surface area (Å²) < 4.78 is 0. The fourth-order valence-electron chi connectivity index (χ4n) is 2.17. The zero-order valence-corrected chi connectivity index (χ0v) is 12.1. The quantitative estimate of drug-likeness (QED) is 0.821. The van der Waals surface area contributed by atoms with Crippen LogP contribution in [0.1, 0.15) is 22.3 Å². The Morgan fingerprint density at radius 2 is 1.64 bits per heavy atom. The van der Waals surface area contributed by atoms with E-state index in [0.29, 0.717) is 18.7 Å². The van der Waals surface area contributed by atoms with Crippen LogP contribution in [0.15, 0.2) is 54.6 Å². The summed E-state index contributed by atoms with van der Waals surface area (Å²) in [4.78, 5) is 23.9. The summed E-state index contributed by atoms with van der Waals surface area (Å²) in [6, 6.07) is 16.7. The standard InChI is InChI=1S/C17H18N2O3/c18-17(22)14-6-8-15(9-7-14)19(11-10-16(20)21)12-13-4-2-1-3-5-13/h1-9H,10-12H2,(H2,18,22)(H,20,21). The predicted molar refractivity (Wildman–Crippen MR) is 84.7 cm³/mol. The molecule has 5 heteroatoms. The molecule has 1 amide bonds. The smallest absolute Gasteiger partial charge is 0.305 e. The molecular weight excluding hydrogens is 280 g/mol. The number of nitrogens with zero attached hydrogens (tertiary/aromatic N) is 1. The van der Waals surface area contributed by atoms with Gasteiger partial charge in [-0.25, -0.2) is 0 Å². The van der Waals surface area contributed by atoms with E-state index in [1.165, 1.54) is 0 Å². The first-order chi connectivity index (χ1) is 10.6. The summed E-state index contributed by atoms with van der Waals surface area (Å²) >= 11 is 0. The first-order valence-corrected chi connectivity index (χ1v) is 6.97. The van der Waals surface area contributed by atoms with Gasteiger partial charge in [-0.2, -0.15) is 0 Å². The van der Waals surface area contributed by atoms with Crippen molar-refractivity contribution >= 4 is 17.6 Å². The van der Waals surface area contributed by atoms with Crippen LogP contribution < -0.4 is 10.6 Å². The minimum absolute atomic E-state index is 0.0460. The Kier molecular flexibility index (Phi) is 5.14. The number of primary amides is 1. The van der Waals surface area contributed by atoms with Gasteiger partial charge in [-0.3, -0.25) is 9.59 Å². The Labute approximate surface area is 129 Å². The molecule has 0 bridgehead atoms. The predicted octanol–water partition coefficient (Wildman–Crippen LogP) is 2.27. The van der Waals surface area contributed by atoms with Crippen molar-refractivity contribution < 1.29 is 14.7 Å². The Morgan fingerprint density at radius 3 is 2.18 bits per heavy atom. The highest BCUT2D eigenvalue weighted by Gasteiger charge is 2.10. The Balaban J connectivity index is 2.19. The fourth-order valence-corrected chi connectivity index (χ4v) is 2.17. The summed E-state index contributed by atoms with van der Waals surface area (Å²) in [7, 11) is 0. The van der Waals surface area contributed by atoms with Crippen LogP contribution in [-0.4, -0.2) is 23.5 Å². The lowest BCUT2D eigenvalue weighted by Gasteiger charge is -2.24. The van der Waals surface area contributed by atoms with E-state index >= 15 is 0 Å². The topological polar surface area (TPSA) is 83.6 Å². The molecule has 0 aliphatic rings. The van der Waals surface area contributed by atoms with Gasteiger partial charge < -0.3 is 15.7 Å². The molecule has 2 aromatic rings. The molecule has 2 aromatic carbocycles. The third-order valence-corrected chi connectivity index (χ3v) is 3.33. The number of anilines is 1. The lowest BCUT2D eigenvalue weighted by Crippen LogP contribution is -2.25. The third-order valence-electron chi connectivity index (χ3n) is 3.33. The van der Waals surface area contributed by atoms with E-state index in [1.54, 1.807) is 24.3 Å². The van der Waals surface area contributed by atoms with E-state index in [4.69, 9.17) is 10.8 Å². The summed E-state index contributed by atoms with van der Waals surface area (Å²) in [5.74, 6) is -1.32. The molecule has 114 valence electrons. The number of amides is 1. The van der Waals surface area contributed by atoms with Crippen molar-refractivity contribution in [3.05, 3.63) is 65.7 Å². The van der Waals surface area contributed by atoms with Crippen LogP contribution >= 0.6 is 0 Å². The molecule has 0 saturated heterocycles. The molecule has 0 saturated carbocycles. The van der Waals surface area contributed by atoms with E-state index in [-0.39, 0.29) is 6.42 Å². The maximum Gasteiger partial charge on any atom is 0.305 e. The second kappa shape index (κ2) is 7.26. The highest BCUT2D eigenvalue weighted by molar-refractivity contribution is 5.93. The molecule has 0 unspecified atom stereocenters. The Hall–Kier alpha value is -2.82. The lowest BCUT2D eigenvalue weighted by atomic mass is 10.1. The fraction of sp³-hybridized carbons (Fsp3) is 0.176. The van der Waals surface area contributed by atoms with Gasteiger partial charge in [0.25, 0.3) is 0 Å². The number of carboxylic acids is 1. The van der Waals surface area contributed by atoms with Crippen LogP contribution in [0.3, 0.4) is 0 Å². The van der Waals surface area contributed by atoms with Gasteiger partial charge in [0.05, 0.1) is 6.42 Å². The van der Waals surface area contributed by atoms with Gasteiger partial charge in [-0.15, -0.1) is 0 Å². The van der Waals surface area contributed by atoms with Gasteiger partial charge >= 0.3 is 5.97 Å². The molecule has 0 radical (unpaired) electrons. The highest BCUT2D eigenvalue weighted by atomic mass is 16.4. The average molecular weight is 298 g/mol. The van der Waals surface area contributed by atoms with Crippen molar-refractivity contribution in [3.8, 4) is 0 Å². The minimum Gasteiger partial charge on any atom is -0.481 e. The van der Waals surface area contributed by atoms with Crippen molar-refractivity contribution in [2.24, 2.45) is 5.73 Å². The van der Waals surface area contributed by atoms with Gasteiger partial charge in [0.2, 0.25) is 5.91 Å². The van der Waals surface area contributed by atoms with Gasteiger partial charge in [0, 0.05) is 24.3 Å². The number of aliphatic carboxylic acids is 1. The number of hydrogen-bond donors (Lipinski definition) is 2. The first-order valence-electron chi connectivity index (χ1n) is 6.97. The first kappa shape index (κ1) is 15.6. The van der Waals surface area contributed by atoms with Gasteiger partial charge in [-0.05, 0) is 29.8 Å². The molecule has 0 atom stereocenters. The number of hydrogen-bond acceptors (Lipinski definition) is 3. The molecule has 0 fully saturated rings. The van der Waals surface area contributed by atoms with E-state index < -0.39 is 11.9 Å². The summed E-state index contributed by atoms with van der Waals surface area (Å²) in [6.07, 6.45) is 0.0460. The van der Waals surface area contributed by atoms with Crippen molar-refractivity contribution in [2.45, 2.75) is 13.0 Å². The monoisotopic (exact) mass is 298 g/mol. The number of rotatable bonds is 7. The number of nitrogens with two attached hydrogens (primary N) is 1. The minimum atomic E-state index is -0.841. The van der Waals surface area contributed by atoms with Crippen LogP contribution in [-0.2, 0) is 11.3 Å². The number of carboxylic acid groups (broad SMARTS) is 1. The van der Waals surface area contributed by atoms with Crippen molar-refractivity contribution in [1.82, 2.24) is 0 Å². The zero-order chi connectivity index (χ0) is 15.9. The molecule has 3 N–H and O–H groups in total. The Morgan fingerprint density at radius 1 is 1.00 bits per heavy atom. The summed E-state index contributed by atoms with van der Waals surface area (Å²) in [6.45, 7) is 0.990. The van der Waals surface area contributed by atoms with E-state index in [2.05, 4.69) is 0 Å². The maximum absolute atomic E-state index is 11.1. The average Bonchev–Trinajstić information content (AvgIpc) is 2.52. The molecular formula is C17H18N2O3. The van der Waals surface area contributed by atoms with Crippen LogP contribution in [0.25, 0.3) is 0 Å². The SMILES string of the molecule is NC(=O)c1ccc(N(CCC(=O)O)Cc2ccccc2)cc1. The molecule has 0 aliphatic carbocycles. The molecule has 5 nitrogen and oxygen atoms in total. The maximum atomic E-state index is 11.1. The lowest BCUT2D eigenvalue weighted by molar-refractivity contribution is -0.136. The third kappa shape index (κ3) is 4.34. The highest BCUT2D eigenvalue weighted by Crippen LogP contribution is 2.18. The number of carbonyl (C=O) groups is 2. The second-order valence-corrected chi connectivity index (χ2v) is 4.96. The normalized spacial score (nSPS) is 10.2. The summed E-state index contributed by atoms with van der Waals surface area (Å²) in [5, 5.41) is 8.90. The second-order valence-electron chi connectivity index (χ2n) is 4.96. The molecule has 22 heavy (non-hydrogen) atoms. The van der Waals surface area contributed by atoms with E-state index in [0.717, 1.165) is 11.3 Å². The van der Waals surface area contributed by atoms with Gasteiger partial charge in [-0.1, -0.05) is 30.3 Å². The van der Waals surface area contributed by atoms with Crippen LogP contribution in [0, 0.1) is 0 Å². The van der Waals surface area contributed by atoms with E-state index in [9.17, 15) is 9.59 Å². The molecule has 2 rings (SSSR count). The Bertz CT molecular complexity index is 639. The van der Waals surface area contributed by atoms with Gasteiger partial charge in [0.15, 0.2) is 0 Å². The van der Waals surface area contributed by atoms with Crippen LogP contribution in [0.5, 0.6) is 0 Å². The molecule has 0 aliphatic heterocycles.